The molecule has 1 aromatic rings. The van der Waals surface area contributed by atoms with E-state index >= 15 is 0 Å². The van der Waals surface area contributed by atoms with E-state index in [1.165, 1.54) is 6.42 Å². The quantitative estimate of drug-likeness (QED) is 0.828. The molecule has 0 aliphatic heterocycles. The number of aromatic nitrogens is 2. The van der Waals surface area contributed by atoms with Gasteiger partial charge in [-0.2, -0.15) is 0 Å². The molecule has 1 aromatic heterocycles. The van der Waals surface area contributed by atoms with Gasteiger partial charge in [-0.25, -0.2) is 9.97 Å². The van der Waals surface area contributed by atoms with Crippen molar-refractivity contribution in [2.75, 3.05) is 11.9 Å². The van der Waals surface area contributed by atoms with Gasteiger partial charge in [0.15, 0.2) is 0 Å². The number of anilines is 1. The van der Waals surface area contributed by atoms with Crippen molar-refractivity contribution in [3.8, 4) is 0 Å². The van der Waals surface area contributed by atoms with Crippen molar-refractivity contribution in [2.45, 2.75) is 47.0 Å². The van der Waals surface area contributed by atoms with Crippen LogP contribution in [-0.4, -0.2) is 16.5 Å². The molecule has 0 aromatic carbocycles. The number of rotatable bonds is 5. The Labute approximate surface area is 98.7 Å². The van der Waals surface area contributed by atoms with Crippen molar-refractivity contribution < 1.29 is 0 Å². The van der Waals surface area contributed by atoms with Crippen molar-refractivity contribution in [3.05, 3.63) is 17.6 Å². The molecule has 3 nitrogen and oxygen atoms in total. The lowest BCUT2D eigenvalue weighted by molar-refractivity contribution is 0.606. The van der Waals surface area contributed by atoms with Gasteiger partial charge in [-0.1, -0.05) is 27.7 Å². The molecule has 1 heterocycles. The van der Waals surface area contributed by atoms with Gasteiger partial charge in [-0.3, -0.25) is 0 Å². The van der Waals surface area contributed by atoms with Crippen molar-refractivity contribution in [1.82, 2.24) is 9.97 Å². The van der Waals surface area contributed by atoms with Crippen LogP contribution in [0.3, 0.4) is 0 Å². The third kappa shape index (κ3) is 4.17. The molecule has 0 saturated carbocycles. The molecule has 0 unspecified atom stereocenters. The van der Waals surface area contributed by atoms with E-state index < -0.39 is 0 Å². The number of nitrogens with zero attached hydrogens (tertiary/aromatic N) is 2. The summed E-state index contributed by atoms with van der Waals surface area (Å²) < 4.78 is 0. The maximum Gasteiger partial charge on any atom is 0.133 e. The molecule has 0 aliphatic rings. The molecule has 0 saturated heterocycles. The van der Waals surface area contributed by atoms with Gasteiger partial charge in [-0.15, -0.1) is 0 Å². The minimum atomic E-state index is 0.380. The van der Waals surface area contributed by atoms with Gasteiger partial charge in [-0.05, 0) is 19.3 Å². The van der Waals surface area contributed by atoms with E-state index in [1.807, 2.05) is 13.0 Å². The summed E-state index contributed by atoms with van der Waals surface area (Å²) in [6, 6.07) is 2.01. The van der Waals surface area contributed by atoms with Gasteiger partial charge in [0.1, 0.15) is 11.6 Å². The molecular weight excluding hydrogens is 198 g/mol. The van der Waals surface area contributed by atoms with Crippen LogP contribution in [0.1, 0.15) is 51.6 Å². The Morgan fingerprint density at radius 1 is 1.19 bits per heavy atom. The molecule has 0 amide bonds. The average Bonchev–Trinajstić information content (AvgIpc) is 2.16. The van der Waals surface area contributed by atoms with Gasteiger partial charge in [0.05, 0.1) is 0 Å². The first-order valence-electron chi connectivity index (χ1n) is 6.08. The molecule has 16 heavy (non-hydrogen) atoms. The average molecular weight is 221 g/mol. The van der Waals surface area contributed by atoms with Crippen molar-refractivity contribution in [1.29, 1.82) is 0 Å². The molecule has 0 atom stereocenters. The summed E-state index contributed by atoms with van der Waals surface area (Å²) in [6.07, 6.45) is 1.17. The minimum absolute atomic E-state index is 0.380. The maximum absolute atomic E-state index is 4.51. The second kappa shape index (κ2) is 5.83. The van der Waals surface area contributed by atoms with Crippen LogP contribution in [0.25, 0.3) is 0 Å². The van der Waals surface area contributed by atoms with Gasteiger partial charge in [0, 0.05) is 24.2 Å². The molecule has 0 fully saturated rings. The molecular formula is C13H23N3. The largest absolute Gasteiger partial charge is 0.370 e. The smallest absolute Gasteiger partial charge is 0.133 e. The number of hydrogen-bond donors (Lipinski definition) is 1. The SMILES string of the molecule is Cc1cc(NCCC(C)C)nc(C(C)C)n1. The number of hydrogen-bond acceptors (Lipinski definition) is 3. The second-order valence-corrected chi connectivity index (χ2v) is 5.02. The van der Waals surface area contributed by atoms with Gasteiger partial charge >= 0.3 is 0 Å². The van der Waals surface area contributed by atoms with Gasteiger partial charge in [0.25, 0.3) is 0 Å². The van der Waals surface area contributed by atoms with Crippen LogP contribution in [0.15, 0.2) is 6.07 Å². The standard InChI is InChI=1S/C13H23N3/c1-9(2)6-7-14-12-8-11(5)15-13(16-12)10(3)4/h8-10H,6-7H2,1-5H3,(H,14,15,16). The summed E-state index contributed by atoms with van der Waals surface area (Å²) >= 11 is 0. The fourth-order valence-electron chi connectivity index (χ4n) is 1.43. The second-order valence-electron chi connectivity index (χ2n) is 5.02. The molecule has 0 bridgehead atoms. The summed E-state index contributed by atoms with van der Waals surface area (Å²) in [7, 11) is 0. The molecule has 1 N–H and O–H groups in total. The first-order valence-corrected chi connectivity index (χ1v) is 6.08. The number of nitrogens with one attached hydrogen (secondary N) is 1. The first kappa shape index (κ1) is 12.9. The Kier molecular flexibility index (Phi) is 4.71. The summed E-state index contributed by atoms with van der Waals surface area (Å²) in [5, 5.41) is 3.36. The van der Waals surface area contributed by atoms with Crippen LogP contribution < -0.4 is 5.32 Å². The van der Waals surface area contributed by atoms with Crippen LogP contribution in [0.4, 0.5) is 5.82 Å². The Hall–Kier alpha value is -1.12. The van der Waals surface area contributed by atoms with E-state index in [0.29, 0.717) is 5.92 Å². The van der Waals surface area contributed by atoms with Crippen molar-refractivity contribution in [2.24, 2.45) is 5.92 Å². The Balaban J connectivity index is 2.65. The van der Waals surface area contributed by atoms with E-state index in [0.717, 1.165) is 29.8 Å². The minimum Gasteiger partial charge on any atom is -0.370 e. The van der Waals surface area contributed by atoms with Crippen LogP contribution in [0.2, 0.25) is 0 Å². The first-order chi connectivity index (χ1) is 7.49. The Bertz CT molecular complexity index is 332. The molecule has 0 radical (unpaired) electrons. The summed E-state index contributed by atoms with van der Waals surface area (Å²) in [4.78, 5) is 8.93. The molecule has 90 valence electrons. The van der Waals surface area contributed by atoms with E-state index in [1.54, 1.807) is 0 Å². The zero-order valence-electron chi connectivity index (χ0n) is 11.0. The highest BCUT2D eigenvalue weighted by Gasteiger charge is 2.05. The molecule has 1 rings (SSSR count). The summed E-state index contributed by atoms with van der Waals surface area (Å²) in [5.41, 5.74) is 1.03. The zero-order valence-corrected chi connectivity index (χ0v) is 11.0. The fraction of sp³-hybridized carbons (Fsp3) is 0.692. The van der Waals surface area contributed by atoms with Crippen LogP contribution in [-0.2, 0) is 0 Å². The van der Waals surface area contributed by atoms with E-state index in [2.05, 4.69) is 43.0 Å². The van der Waals surface area contributed by atoms with Crippen LogP contribution >= 0.6 is 0 Å². The van der Waals surface area contributed by atoms with Crippen LogP contribution in [0, 0.1) is 12.8 Å². The summed E-state index contributed by atoms with van der Waals surface area (Å²) in [5.74, 6) is 2.98. The Morgan fingerprint density at radius 2 is 1.88 bits per heavy atom. The van der Waals surface area contributed by atoms with Gasteiger partial charge in [0.2, 0.25) is 0 Å². The monoisotopic (exact) mass is 221 g/mol. The number of aryl methyl sites for hydroxylation is 1. The third-order valence-electron chi connectivity index (χ3n) is 2.42. The lowest BCUT2D eigenvalue weighted by Gasteiger charge is -2.11. The van der Waals surface area contributed by atoms with Crippen molar-refractivity contribution >= 4 is 5.82 Å². The highest BCUT2D eigenvalue weighted by atomic mass is 15.0. The lowest BCUT2D eigenvalue weighted by atomic mass is 10.1. The highest BCUT2D eigenvalue weighted by Crippen LogP contribution is 2.13. The predicted octanol–water partition coefficient (Wildman–Crippen LogP) is 3.37. The van der Waals surface area contributed by atoms with Gasteiger partial charge < -0.3 is 5.32 Å². The van der Waals surface area contributed by atoms with E-state index in [4.69, 9.17) is 0 Å². The normalized spacial score (nSPS) is 11.2. The maximum atomic E-state index is 4.51. The zero-order chi connectivity index (χ0) is 12.1. The van der Waals surface area contributed by atoms with E-state index in [-0.39, 0.29) is 0 Å². The van der Waals surface area contributed by atoms with Crippen LogP contribution in [0.5, 0.6) is 0 Å². The third-order valence-corrected chi connectivity index (χ3v) is 2.42. The molecule has 0 spiro atoms. The fourth-order valence-corrected chi connectivity index (χ4v) is 1.43. The molecule has 0 aliphatic carbocycles. The topological polar surface area (TPSA) is 37.8 Å². The Morgan fingerprint density at radius 3 is 2.44 bits per heavy atom. The highest BCUT2D eigenvalue weighted by molar-refractivity contribution is 5.36. The summed E-state index contributed by atoms with van der Waals surface area (Å²) in [6.45, 7) is 11.7. The van der Waals surface area contributed by atoms with E-state index in [9.17, 15) is 0 Å². The van der Waals surface area contributed by atoms with Crippen molar-refractivity contribution in [3.63, 3.8) is 0 Å². The lowest BCUT2D eigenvalue weighted by Crippen LogP contribution is -2.09. The molecule has 3 heteroatoms. The predicted molar refractivity (Wildman–Crippen MR) is 68.8 cm³/mol.